The van der Waals surface area contributed by atoms with E-state index in [4.69, 9.17) is 4.74 Å². The van der Waals surface area contributed by atoms with Crippen LogP contribution in [0.3, 0.4) is 0 Å². The minimum Gasteiger partial charge on any atom is -0.465 e. The van der Waals surface area contributed by atoms with Crippen molar-refractivity contribution in [3.8, 4) is 0 Å². The number of rotatable bonds is 8. The average molecular weight is 461 g/mol. The molecule has 1 aliphatic rings. The number of aromatic nitrogens is 2. The fraction of sp³-hybridized carbons (Fsp3) is 0.565. The Balaban J connectivity index is 1.67. The molecule has 0 bridgehead atoms. The summed E-state index contributed by atoms with van der Waals surface area (Å²) >= 11 is 0. The first-order valence-corrected chi connectivity index (χ1v) is 11.1. The van der Waals surface area contributed by atoms with Gasteiger partial charge in [-0.1, -0.05) is 12.1 Å². The lowest BCUT2D eigenvalue weighted by molar-refractivity contribution is -0.135. The second-order valence-electron chi connectivity index (χ2n) is 9.28. The Morgan fingerprint density at radius 3 is 2.61 bits per heavy atom. The first-order chi connectivity index (χ1) is 15.5. The van der Waals surface area contributed by atoms with Crippen molar-refractivity contribution in [2.75, 3.05) is 19.8 Å². The lowest BCUT2D eigenvalue weighted by Gasteiger charge is -2.32. The van der Waals surface area contributed by atoms with Crippen molar-refractivity contribution in [2.24, 2.45) is 7.05 Å². The minimum atomic E-state index is -0.973. The number of nitrogens with zero attached hydrogens (tertiary/aromatic N) is 3. The van der Waals surface area contributed by atoms with Crippen LogP contribution in [-0.4, -0.2) is 62.3 Å². The fourth-order valence-electron chi connectivity index (χ4n) is 4.29. The molecule has 0 saturated carbocycles. The lowest BCUT2D eigenvalue weighted by Crippen LogP contribution is -2.46. The van der Waals surface area contributed by atoms with Crippen LogP contribution in [0.15, 0.2) is 23.0 Å². The maximum atomic E-state index is 13.0. The normalized spacial score (nSPS) is 16.8. The van der Waals surface area contributed by atoms with Crippen LogP contribution < -0.4 is 11.0 Å². The van der Waals surface area contributed by atoms with E-state index in [1.807, 2.05) is 39.0 Å². The van der Waals surface area contributed by atoms with E-state index >= 15 is 0 Å². The van der Waals surface area contributed by atoms with Crippen LogP contribution in [0.4, 0.5) is 4.79 Å². The molecule has 3 rings (SSSR count). The van der Waals surface area contributed by atoms with E-state index in [-0.39, 0.29) is 24.6 Å². The third-order valence-corrected chi connectivity index (χ3v) is 5.94. The Morgan fingerprint density at radius 2 is 1.97 bits per heavy atom. The van der Waals surface area contributed by atoms with E-state index < -0.39 is 23.6 Å². The average Bonchev–Trinajstić information content (AvgIpc) is 2.97. The molecule has 0 aliphatic carbocycles. The Labute approximate surface area is 192 Å². The molecule has 1 atom stereocenters. The molecule has 1 fully saturated rings. The number of carbonyl (C=O) groups is 3. The van der Waals surface area contributed by atoms with Crippen LogP contribution in [0, 0.1) is 0 Å². The molecule has 1 aromatic carbocycles. The van der Waals surface area contributed by atoms with Gasteiger partial charge < -0.3 is 14.7 Å². The molecule has 1 saturated heterocycles. The largest absolute Gasteiger partial charge is 0.465 e. The van der Waals surface area contributed by atoms with E-state index in [9.17, 15) is 24.3 Å². The van der Waals surface area contributed by atoms with Crippen molar-refractivity contribution in [1.29, 1.82) is 0 Å². The Bertz CT molecular complexity index is 1110. The summed E-state index contributed by atoms with van der Waals surface area (Å²) in [5.41, 5.74) is 1.60. The van der Waals surface area contributed by atoms with Gasteiger partial charge in [0.1, 0.15) is 6.04 Å². The maximum absolute atomic E-state index is 13.0. The van der Waals surface area contributed by atoms with Crippen LogP contribution in [0.2, 0.25) is 0 Å². The standard InChI is InChI=1S/C23H32N4O6/c1-23(2,3)26(22(31)32)12-14-33-13-6-8-15-7-5-9-16-19(15)25(4)21(30)27(16)17-10-11-18(28)24-20(17)29/h5,7,9,17H,6,8,10-14H2,1-4H3,(H,31,32)(H,24,28,29). The van der Waals surface area contributed by atoms with Gasteiger partial charge in [0.25, 0.3) is 0 Å². The highest BCUT2D eigenvalue weighted by molar-refractivity contribution is 6.00. The van der Waals surface area contributed by atoms with E-state index in [0.29, 0.717) is 38.0 Å². The second-order valence-corrected chi connectivity index (χ2v) is 9.28. The molecule has 2 N–H and O–H groups in total. The van der Waals surface area contributed by atoms with Crippen LogP contribution in [0.25, 0.3) is 11.0 Å². The second kappa shape index (κ2) is 9.78. The van der Waals surface area contributed by atoms with Gasteiger partial charge in [0, 0.05) is 32.2 Å². The van der Waals surface area contributed by atoms with Crippen LogP contribution in [0.1, 0.15) is 51.6 Å². The van der Waals surface area contributed by atoms with Gasteiger partial charge in [-0.3, -0.25) is 24.0 Å². The molecule has 33 heavy (non-hydrogen) atoms. The van der Waals surface area contributed by atoms with E-state index in [1.54, 1.807) is 11.6 Å². The number of imidazole rings is 1. The summed E-state index contributed by atoms with van der Waals surface area (Å²) in [4.78, 5) is 49.6. The number of hydrogen-bond donors (Lipinski definition) is 2. The Morgan fingerprint density at radius 1 is 1.24 bits per heavy atom. The summed E-state index contributed by atoms with van der Waals surface area (Å²) in [6, 6.07) is 4.90. The molecule has 0 radical (unpaired) electrons. The van der Waals surface area contributed by atoms with Gasteiger partial charge >= 0.3 is 11.8 Å². The van der Waals surface area contributed by atoms with Crippen molar-refractivity contribution in [3.05, 3.63) is 34.2 Å². The summed E-state index contributed by atoms with van der Waals surface area (Å²) in [5, 5.41) is 11.7. The first kappa shape index (κ1) is 24.5. The number of nitrogens with one attached hydrogen (secondary N) is 1. The number of piperidine rings is 1. The fourth-order valence-corrected chi connectivity index (χ4v) is 4.29. The Hall–Kier alpha value is -3.14. The van der Waals surface area contributed by atoms with Gasteiger partial charge in [0.15, 0.2) is 0 Å². The van der Waals surface area contributed by atoms with Gasteiger partial charge in [-0.2, -0.15) is 0 Å². The van der Waals surface area contributed by atoms with Crippen molar-refractivity contribution in [3.63, 3.8) is 0 Å². The molecule has 2 heterocycles. The number of para-hydroxylation sites is 1. The Kier molecular flexibility index (Phi) is 7.26. The number of carbonyl (C=O) groups excluding carboxylic acids is 2. The van der Waals surface area contributed by atoms with E-state index in [1.165, 1.54) is 9.47 Å². The molecular formula is C23H32N4O6. The molecule has 1 unspecified atom stereocenters. The van der Waals surface area contributed by atoms with Crippen molar-refractivity contribution < 1.29 is 24.2 Å². The highest BCUT2D eigenvalue weighted by atomic mass is 16.5. The number of amides is 3. The summed E-state index contributed by atoms with van der Waals surface area (Å²) in [6.07, 6.45) is 0.874. The predicted molar refractivity (Wildman–Crippen MR) is 122 cm³/mol. The number of fused-ring (bicyclic) bond motifs is 1. The quantitative estimate of drug-likeness (QED) is 0.459. The number of imide groups is 1. The highest BCUT2D eigenvalue weighted by Gasteiger charge is 2.31. The maximum Gasteiger partial charge on any atom is 0.407 e. The minimum absolute atomic E-state index is 0.199. The van der Waals surface area contributed by atoms with E-state index in [0.717, 1.165) is 11.1 Å². The van der Waals surface area contributed by atoms with Gasteiger partial charge in [0.2, 0.25) is 11.8 Å². The zero-order valence-electron chi connectivity index (χ0n) is 19.6. The van der Waals surface area contributed by atoms with Crippen LogP contribution >= 0.6 is 0 Å². The highest BCUT2D eigenvalue weighted by Crippen LogP contribution is 2.25. The summed E-state index contributed by atoms with van der Waals surface area (Å²) in [5.74, 6) is -0.774. The first-order valence-electron chi connectivity index (χ1n) is 11.1. The zero-order chi connectivity index (χ0) is 24.3. The lowest BCUT2D eigenvalue weighted by atomic mass is 10.0. The number of benzene rings is 1. The number of hydrogen-bond acceptors (Lipinski definition) is 5. The van der Waals surface area contributed by atoms with Gasteiger partial charge in [-0.25, -0.2) is 9.59 Å². The molecule has 10 nitrogen and oxygen atoms in total. The molecule has 2 aromatic rings. The third-order valence-electron chi connectivity index (χ3n) is 5.94. The van der Waals surface area contributed by atoms with Crippen LogP contribution in [-0.2, 0) is 27.8 Å². The molecule has 3 amide bonds. The van der Waals surface area contributed by atoms with E-state index in [2.05, 4.69) is 5.32 Å². The number of ether oxygens (including phenoxy) is 1. The number of aryl methyl sites for hydroxylation is 2. The third kappa shape index (κ3) is 5.27. The summed E-state index contributed by atoms with van der Waals surface area (Å²) < 4.78 is 8.68. The molecule has 1 aromatic heterocycles. The van der Waals surface area contributed by atoms with Gasteiger partial charge in [-0.05, 0) is 51.7 Å². The summed E-state index contributed by atoms with van der Waals surface area (Å²) in [7, 11) is 1.68. The molecular weight excluding hydrogens is 428 g/mol. The smallest absolute Gasteiger partial charge is 0.407 e. The monoisotopic (exact) mass is 460 g/mol. The molecule has 0 spiro atoms. The predicted octanol–water partition coefficient (Wildman–Crippen LogP) is 2.05. The van der Waals surface area contributed by atoms with Gasteiger partial charge in [0.05, 0.1) is 17.6 Å². The molecule has 10 heteroatoms. The SMILES string of the molecule is Cn1c(=O)n(C2CCC(=O)NC2=O)c2cccc(CCCOCCN(C(=O)O)C(C)(C)C)c21. The molecule has 1 aliphatic heterocycles. The summed E-state index contributed by atoms with van der Waals surface area (Å²) in [6.45, 7) is 6.57. The zero-order valence-corrected chi connectivity index (χ0v) is 19.6. The van der Waals surface area contributed by atoms with Gasteiger partial charge in [-0.15, -0.1) is 0 Å². The number of carboxylic acid groups (broad SMARTS) is 1. The van der Waals surface area contributed by atoms with Crippen molar-refractivity contribution in [2.45, 2.75) is 58.0 Å². The van der Waals surface area contributed by atoms with Crippen molar-refractivity contribution >= 4 is 28.9 Å². The topological polar surface area (TPSA) is 123 Å². The molecule has 180 valence electrons. The van der Waals surface area contributed by atoms with Crippen LogP contribution in [0.5, 0.6) is 0 Å². The van der Waals surface area contributed by atoms with Crippen molar-refractivity contribution in [1.82, 2.24) is 19.4 Å².